The summed E-state index contributed by atoms with van der Waals surface area (Å²) in [4.78, 5) is 15.5. The molecule has 0 spiro atoms. The molecule has 0 bridgehead atoms. The molecule has 0 radical (unpaired) electrons. The van der Waals surface area contributed by atoms with E-state index in [9.17, 15) is 10.1 Å². The number of rotatable bonds is 6. The van der Waals surface area contributed by atoms with Crippen molar-refractivity contribution in [3.05, 3.63) is 65.2 Å². The van der Waals surface area contributed by atoms with Crippen LogP contribution in [-0.4, -0.2) is 30.4 Å². The third-order valence-electron chi connectivity index (χ3n) is 7.94. The Balaban J connectivity index is 1.17. The maximum Gasteiger partial charge on any atom is 0.235 e. The van der Waals surface area contributed by atoms with Gasteiger partial charge < -0.3 is 10.2 Å². The van der Waals surface area contributed by atoms with Crippen molar-refractivity contribution in [2.24, 2.45) is 0 Å². The van der Waals surface area contributed by atoms with Crippen molar-refractivity contribution in [1.82, 2.24) is 4.90 Å². The summed E-state index contributed by atoms with van der Waals surface area (Å²) in [5.74, 6) is 0.217. The summed E-state index contributed by atoms with van der Waals surface area (Å²) >= 11 is 0. The van der Waals surface area contributed by atoms with Crippen LogP contribution in [0.5, 0.6) is 0 Å². The van der Waals surface area contributed by atoms with E-state index in [1.165, 1.54) is 11.1 Å². The third kappa shape index (κ3) is 3.46. The second kappa shape index (κ2) is 8.13. The number of unbranched alkanes of at least 4 members (excludes halogenated alkanes) is 1. The standard InChI is InChI=1S/C27H31N3O/c28-20-26(22-10-2-1-3-11-22)15-18-30(19-16-26)17-5-4-13-27-14-7-9-21-8-6-12-23(24(21)27)29-25(27)31/h1-3,6,8,10-12H,4-5,7,9,13-19H2,(H,29,31). The average Bonchev–Trinajstić information content (AvgIpc) is 3.11. The second-order valence-electron chi connectivity index (χ2n) is 9.59. The summed E-state index contributed by atoms with van der Waals surface area (Å²) in [5.41, 5.74) is 4.25. The first-order valence-corrected chi connectivity index (χ1v) is 11.8. The van der Waals surface area contributed by atoms with Crippen molar-refractivity contribution in [3.8, 4) is 6.07 Å². The average molecular weight is 414 g/mol. The zero-order valence-corrected chi connectivity index (χ0v) is 18.2. The van der Waals surface area contributed by atoms with E-state index in [0.717, 1.165) is 82.3 Å². The van der Waals surface area contributed by atoms with Crippen molar-refractivity contribution in [2.45, 2.75) is 62.2 Å². The fourth-order valence-electron chi connectivity index (χ4n) is 6.16. The maximum atomic E-state index is 13.0. The number of hydrogen-bond donors (Lipinski definition) is 1. The number of likely N-dealkylation sites (tertiary alicyclic amines) is 1. The molecular formula is C27H31N3O. The van der Waals surface area contributed by atoms with Gasteiger partial charge in [-0.05, 0) is 87.3 Å². The lowest BCUT2D eigenvalue weighted by atomic mass is 9.68. The highest BCUT2D eigenvalue weighted by molar-refractivity contribution is 6.07. The minimum absolute atomic E-state index is 0.217. The minimum atomic E-state index is -0.332. The molecule has 1 N–H and O–H groups in total. The number of carbonyl (C=O) groups is 1. The van der Waals surface area contributed by atoms with Crippen LogP contribution in [0.15, 0.2) is 48.5 Å². The Morgan fingerprint density at radius 2 is 1.81 bits per heavy atom. The van der Waals surface area contributed by atoms with Gasteiger partial charge in [0.15, 0.2) is 0 Å². The molecule has 4 heteroatoms. The van der Waals surface area contributed by atoms with E-state index >= 15 is 0 Å². The number of anilines is 1. The van der Waals surface area contributed by atoms with Gasteiger partial charge in [-0.3, -0.25) is 4.79 Å². The largest absolute Gasteiger partial charge is 0.325 e. The lowest BCUT2D eigenvalue weighted by Crippen LogP contribution is -2.42. The van der Waals surface area contributed by atoms with Crippen LogP contribution in [0.4, 0.5) is 5.69 Å². The minimum Gasteiger partial charge on any atom is -0.325 e. The topological polar surface area (TPSA) is 56.1 Å². The van der Waals surface area contributed by atoms with Gasteiger partial charge in [0.25, 0.3) is 0 Å². The molecule has 1 atom stereocenters. The molecule has 31 heavy (non-hydrogen) atoms. The van der Waals surface area contributed by atoms with Crippen LogP contribution in [0, 0.1) is 11.3 Å². The molecular weight excluding hydrogens is 382 g/mol. The highest BCUT2D eigenvalue weighted by Gasteiger charge is 2.48. The first-order chi connectivity index (χ1) is 15.2. The molecule has 1 unspecified atom stereocenters. The predicted molar refractivity (Wildman–Crippen MR) is 123 cm³/mol. The first-order valence-electron chi connectivity index (χ1n) is 11.8. The highest BCUT2D eigenvalue weighted by atomic mass is 16.2. The summed E-state index contributed by atoms with van der Waals surface area (Å²) < 4.78 is 0. The van der Waals surface area contributed by atoms with Crippen molar-refractivity contribution in [2.75, 3.05) is 25.0 Å². The second-order valence-corrected chi connectivity index (χ2v) is 9.59. The molecule has 3 aliphatic rings. The Bertz CT molecular complexity index is 1000. The van der Waals surface area contributed by atoms with Gasteiger partial charge in [-0.25, -0.2) is 0 Å². The number of aryl methyl sites for hydroxylation is 1. The molecule has 2 aromatic rings. The van der Waals surface area contributed by atoms with E-state index in [1.54, 1.807) is 0 Å². The van der Waals surface area contributed by atoms with Gasteiger partial charge in [-0.1, -0.05) is 48.9 Å². The first kappa shape index (κ1) is 20.3. The zero-order valence-electron chi connectivity index (χ0n) is 18.2. The number of hydrogen-bond acceptors (Lipinski definition) is 3. The summed E-state index contributed by atoms with van der Waals surface area (Å²) in [7, 11) is 0. The number of benzene rings is 2. The summed E-state index contributed by atoms with van der Waals surface area (Å²) in [6.07, 6.45) is 8.10. The Hall–Kier alpha value is -2.64. The number of nitrogens with one attached hydrogen (secondary N) is 1. The number of piperidine rings is 1. The quantitative estimate of drug-likeness (QED) is 0.683. The van der Waals surface area contributed by atoms with Crippen LogP contribution in [-0.2, 0) is 22.0 Å². The van der Waals surface area contributed by atoms with Gasteiger partial charge in [0.2, 0.25) is 5.91 Å². The van der Waals surface area contributed by atoms with Crippen LogP contribution in [0.25, 0.3) is 0 Å². The molecule has 1 aliphatic carbocycles. The molecule has 1 fully saturated rings. The Labute approximate surface area is 185 Å². The number of nitriles is 1. The normalized spacial score (nSPS) is 24.3. The Morgan fingerprint density at radius 1 is 1.00 bits per heavy atom. The molecule has 0 aromatic heterocycles. The van der Waals surface area contributed by atoms with Crippen molar-refractivity contribution >= 4 is 11.6 Å². The van der Waals surface area contributed by atoms with Crippen molar-refractivity contribution in [3.63, 3.8) is 0 Å². The van der Waals surface area contributed by atoms with Crippen molar-refractivity contribution < 1.29 is 4.79 Å². The summed E-state index contributed by atoms with van der Waals surface area (Å²) in [6, 6.07) is 19.2. The molecule has 2 aromatic carbocycles. The monoisotopic (exact) mass is 413 g/mol. The molecule has 2 heterocycles. The van der Waals surface area contributed by atoms with Gasteiger partial charge in [-0.15, -0.1) is 0 Å². The van der Waals surface area contributed by atoms with Crippen LogP contribution >= 0.6 is 0 Å². The smallest absolute Gasteiger partial charge is 0.235 e. The predicted octanol–water partition coefficient (Wildman–Crippen LogP) is 4.94. The molecule has 0 saturated carbocycles. The van der Waals surface area contributed by atoms with E-state index in [1.807, 2.05) is 18.2 Å². The van der Waals surface area contributed by atoms with Crippen LogP contribution in [0.1, 0.15) is 61.6 Å². The lowest BCUT2D eigenvalue weighted by molar-refractivity contribution is -0.121. The SMILES string of the molecule is N#CC1(c2ccccc2)CCN(CCCCC23CCCc4cccc(c42)NC3=O)CC1. The molecule has 2 aliphatic heterocycles. The summed E-state index contributed by atoms with van der Waals surface area (Å²) in [5, 5.41) is 13.1. The molecule has 5 rings (SSSR count). The highest BCUT2D eigenvalue weighted by Crippen LogP contribution is 2.49. The Morgan fingerprint density at radius 3 is 2.58 bits per heavy atom. The zero-order chi connectivity index (χ0) is 21.3. The van der Waals surface area contributed by atoms with Crippen LogP contribution < -0.4 is 5.32 Å². The van der Waals surface area contributed by atoms with Gasteiger partial charge >= 0.3 is 0 Å². The van der Waals surface area contributed by atoms with Crippen LogP contribution in [0.2, 0.25) is 0 Å². The number of amides is 1. The number of carbonyl (C=O) groups excluding carboxylic acids is 1. The fourth-order valence-corrected chi connectivity index (χ4v) is 6.16. The van der Waals surface area contributed by atoms with E-state index in [0.29, 0.717) is 0 Å². The molecule has 1 saturated heterocycles. The van der Waals surface area contributed by atoms with Crippen molar-refractivity contribution in [1.29, 1.82) is 5.26 Å². The Kier molecular flexibility index (Phi) is 5.32. The van der Waals surface area contributed by atoms with E-state index in [-0.39, 0.29) is 16.7 Å². The van der Waals surface area contributed by atoms with E-state index in [2.05, 4.69) is 46.6 Å². The van der Waals surface area contributed by atoms with E-state index < -0.39 is 0 Å². The fraction of sp³-hybridized carbons (Fsp3) is 0.481. The molecule has 1 amide bonds. The van der Waals surface area contributed by atoms with Gasteiger partial charge in [0.1, 0.15) is 0 Å². The maximum absolute atomic E-state index is 13.0. The van der Waals surface area contributed by atoms with Gasteiger partial charge in [-0.2, -0.15) is 5.26 Å². The summed E-state index contributed by atoms with van der Waals surface area (Å²) in [6.45, 7) is 3.00. The molecule has 4 nitrogen and oxygen atoms in total. The number of nitrogens with zero attached hydrogens (tertiary/aromatic N) is 2. The van der Waals surface area contributed by atoms with Gasteiger partial charge in [0, 0.05) is 5.69 Å². The van der Waals surface area contributed by atoms with Gasteiger partial charge in [0.05, 0.1) is 16.9 Å². The van der Waals surface area contributed by atoms with Crippen LogP contribution in [0.3, 0.4) is 0 Å². The van der Waals surface area contributed by atoms with E-state index in [4.69, 9.17) is 0 Å². The lowest BCUT2D eigenvalue weighted by Gasteiger charge is -2.38. The third-order valence-corrected chi connectivity index (χ3v) is 7.94. The molecule has 160 valence electrons.